The summed E-state index contributed by atoms with van der Waals surface area (Å²) in [5.41, 5.74) is 4.19. The first kappa shape index (κ1) is 30.4. The fourth-order valence-corrected chi connectivity index (χ4v) is 6.99. The molecule has 10 heteroatoms. The predicted molar refractivity (Wildman–Crippen MR) is 173 cm³/mol. The van der Waals surface area contributed by atoms with E-state index in [4.69, 9.17) is 24.5 Å². The molecule has 0 spiro atoms. The highest BCUT2D eigenvalue weighted by Crippen LogP contribution is 2.38. The van der Waals surface area contributed by atoms with Gasteiger partial charge in [0.25, 0.3) is 0 Å². The molecule has 6 bridgehead atoms. The van der Waals surface area contributed by atoms with Crippen LogP contribution in [0, 0.1) is 6.92 Å². The number of aromatic nitrogens is 4. The van der Waals surface area contributed by atoms with E-state index in [-0.39, 0.29) is 5.60 Å². The maximum Gasteiger partial charge on any atom is 0.337 e. The number of aliphatic carboxylic acids is 1. The molecular formula is C34H41N5O4S. The van der Waals surface area contributed by atoms with Gasteiger partial charge in [0.1, 0.15) is 16.5 Å². The Morgan fingerprint density at radius 3 is 2.64 bits per heavy atom. The molecule has 3 aromatic heterocycles. The van der Waals surface area contributed by atoms with Gasteiger partial charge in [-0.3, -0.25) is 0 Å². The Labute approximate surface area is 262 Å². The summed E-state index contributed by atoms with van der Waals surface area (Å²) < 4.78 is 14.4. The molecule has 0 amide bonds. The van der Waals surface area contributed by atoms with Crippen molar-refractivity contribution < 1.29 is 19.4 Å². The summed E-state index contributed by atoms with van der Waals surface area (Å²) in [5.74, 6) is -0.349. The van der Waals surface area contributed by atoms with Crippen molar-refractivity contribution in [1.82, 2.24) is 19.6 Å². The summed E-state index contributed by atoms with van der Waals surface area (Å²) in [6, 6.07) is 10.6. The van der Waals surface area contributed by atoms with Crippen LogP contribution >= 0.6 is 11.3 Å². The molecule has 1 aromatic carbocycles. The third-order valence-corrected chi connectivity index (χ3v) is 9.43. The number of hydrogen-bond acceptors (Lipinski definition) is 8. The lowest BCUT2D eigenvalue weighted by atomic mass is 9.92. The second-order valence-electron chi connectivity index (χ2n) is 13.0. The second kappa shape index (κ2) is 12.1. The number of carboxylic acid groups (broad SMARTS) is 1. The van der Waals surface area contributed by atoms with Gasteiger partial charge in [-0.25, -0.2) is 14.8 Å². The summed E-state index contributed by atoms with van der Waals surface area (Å²) in [7, 11) is 0. The number of hydrogen-bond donors (Lipinski definition) is 1. The third-order valence-electron chi connectivity index (χ3n) is 8.41. The maximum atomic E-state index is 12.7. The molecule has 6 heterocycles. The zero-order chi connectivity index (χ0) is 31.1. The fraction of sp³-hybridized carbons (Fsp3) is 0.471. The molecule has 232 valence electrons. The monoisotopic (exact) mass is 615 g/mol. The molecular weight excluding hydrogens is 574 g/mol. The molecule has 1 atom stereocenters. The minimum atomic E-state index is -1.21. The second-order valence-corrected chi connectivity index (χ2v) is 14.1. The predicted octanol–water partition coefficient (Wildman–Crippen LogP) is 6.57. The quantitative estimate of drug-likeness (QED) is 0.258. The zero-order valence-electron chi connectivity index (χ0n) is 26.2. The van der Waals surface area contributed by atoms with Crippen molar-refractivity contribution in [1.29, 1.82) is 0 Å². The molecule has 4 aromatic rings. The van der Waals surface area contributed by atoms with Crippen LogP contribution in [0.25, 0.3) is 16.3 Å². The summed E-state index contributed by atoms with van der Waals surface area (Å²) in [6.07, 6.45) is 9.40. The fourth-order valence-electron chi connectivity index (χ4n) is 6.10. The third kappa shape index (κ3) is 6.43. The summed E-state index contributed by atoms with van der Waals surface area (Å²) in [6.45, 7) is 11.6. The number of ether oxygens (including phenoxy) is 2. The minimum absolute atomic E-state index is 0.281. The Morgan fingerprint density at radius 1 is 1.16 bits per heavy atom. The van der Waals surface area contributed by atoms with Crippen molar-refractivity contribution in [2.45, 2.75) is 84.0 Å². The Kier molecular flexibility index (Phi) is 8.34. The van der Waals surface area contributed by atoms with Gasteiger partial charge < -0.3 is 19.5 Å². The number of carboxylic acids is 1. The van der Waals surface area contributed by atoms with Gasteiger partial charge in [0.05, 0.1) is 23.4 Å². The van der Waals surface area contributed by atoms with Gasteiger partial charge in [-0.15, -0.1) is 11.3 Å². The SMILES string of the molecule is Cc1nc2cc3nn2c(c1[C@H](OC(C)(C)C)C(=O)O)N1CCC(C)(CC1)OC/C=C\CCc1ccccc1Cc1cnc-3s1. The highest BCUT2D eigenvalue weighted by atomic mass is 32.1. The molecule has 1 saturated heterocycles. The number of allylic oxidation sites excluding steroid dienone is 1. The van der Waals surface area contributed by atoms with E-state index in [1.54, 1.807) is 15.9 Å². The van der Waals surface area contributed by atoms with E-state index in [9.17, 15) is 9.90 Å². The van der Waals surface area contributed by atoms with Gasteiger partial charge in [-0.2, -0.15) is 9.61 Å². The van der Waals surface area contributed by atoms with Gasteiger partial charge in [0, 0.05) is 42.3 Å². The number of nitrogens with zero attached hydrogens (tertiary/aromatic N) is 5. The number of aryl methyl sites for hydroxylation is 2. The van der Waals surface area contributed by atoms with Crippen molar-refractivity contribution in [3.05, 3.63) is 75.9 Å². The average Bonchev–Trinajstić information content (AvgIpc) is 3.60. The van der Waals surface area contributed by atoms with E-state index >= 15 is 0 Å². The molecule has 0 saturated carbocycles. The molecule has 1 fully saturated rings. The van der Waals surface area contributed by atoms with E-state index in [1.165, 1.54) is 11.1 Å². The molecule has 44 heavy (non-hydrogen) atoms. The lowest BCUT2D eigenvalue weighted by molar-refractivity contribution is -0.160. The number of benzene rings is 1. The van der Waals surface area contributed by atoms with Crippen molar-refractivity contribution >= 4 is 28.8 Å². The Balaban J connectivity index is 1.49. The van der Waals surface area contributed by atoms with Crippen LogP contribution in [0.5, 0.6) is 0 Å². The number of rotatable bonds is 3. The molecule has 0 radical (unpaired) electrons. The van der Waals surface area contributed by atoms with E-state index in [1.807, 2.05) is 40.0 Å². The summed E-state index contributed by atoms with van der Waals surface area (Å²) >= 11 is 1.63. The molecule has 1 N–H and O–H groups in total. The maximum absolute atomic E-state index is 12.7. The van der Waals surface area contributed by atoms with Crippen LogP contribution in [0.15, 0.2) is 48.7 Å². The van der Waals surface area contributed by atoms with E-state index in [0.717, 1.165) is 42.0 Å². The molecule has 9 nitrogen and oxygen atoms in total. The van der Waals surface area contributed by atoms with Crippen LogP contribution in [0.4, 0.5) is 5.82 Å². The van der Waals surface area contributed by atoms with Gasteiger partial charge in [0.2, 0.25) is 0 Å². The lowest BCUT2D eigenvalue weighted by Gasteiger charge is -2.41. The summed E-state index contributed by atoms with van der Waals surface area (Å²) in [5, 5.41) is 16.2. The van der Waals surface area contributed by atoms with Crippen molar-refractivity contribution in [2.75, 3.05) is 24.6 Å². The van der Waals surface area contributed by atoms with Gasteiger partial charge >= 0.3 is 5.97 Å². The minimum Gasteiger partial charge on any atom is -0.479 e. The highest BCUT2D eigenvalue weighted by Gasteiger charge is 2.37. The number of anilines is 1. The van der Waals surface area contributed by atoms with Gasteiger partial charge in [-0.1, -0.05) is 36.4 Å². The topological polar surface area (TPSA) is 102 Å². The number of carbonyl (C=O) groups is 1. The Bertz CT molecular complexity index is 1690. The standard InChI is InChI=1S/C34H41N5O4S/c1-22-28(29(32(40)41)43-33(2,3)4)31-38-16-14-34(5,15-17-38)42-18-10-6-7-11-23-12-8-9-13-24(23)19-25-21-35-30(44-25)26-20-27(36-22)39(31)37-26/h6,8-10,12-13,20-21,29H,7,11,14-19H2,1-5H3,(H,40,41)/b10-6-/t29-/m0/s1. The molecule has 3 aliphatic heterocycles. The van der Waals surface area contributed by atoms with E-state index in [0.29, 0.717) is 48.1 Å². The van der Waals surface area contributed by atoms with E-state index < -0.39 is 17.7 Å². The van der Waals surface area contributed by atoms with Crippen LogP contribution in [-0.2, 0) is 27.1 Å². The van der Waals surface area contributed by atoms with Crippen LogP contribution in [-0.4, -0.2) is 61.6 Å². The van der Waals surface area contributed by atoms with Crippen molar-refractivity contribution in [3.8, 4) is 10.7 Å². The first-order valence-electron chi connectivity index (χ1n) is 15.4. The van der Waals surface area contributed by atoms with Crippen molar-refractivity contribution in [2.24, 2.45) is 0 Å². The first-order chi connectivity index (χ1) is 21.0. The molecule has 3 aliphatic rings. The van der Waals surface area contributed by atoms with Gasteiger partial charge in [0.15, 0.2) is 11.8 Å². The van der Waals surface area contributed by atoms with Crippen LogP contribution in [0.3, 0.4) is 0 Å². The molecule has 7 rings (SSSR count). The molecule has 0 unspecified atom stereocenters. The summed E-state index contributed by atoms with van der Waals surface area (Å²) in [4.78, 5) is 25.7. The largest absolute Gasteiger partial charge is 0.479 e. The Morgan fingerprint density at radius 2 is 1.91 bits per heavy atom. The van der Waals surface area contributed by atoms with Crippen molar-refractivity contribution in [3.63, 3.8) is 0 Å². The van der Waals surface area contributed by atoms with Crippen LogP contribution in [0.2, 0.25) is 0 Å². The number of piperidine rings is 1. The zero-order valence-corrected chi connectivity index (χ0v) is 27.0. The van der Waals surface area contributed by atoms with E-state index in [2.05, 4.69) is 48.2 Å². The van der Waals surface area contributed by atoms with Gasteiger partial charge in [-0.05, 0) is 71.4 Å². The first-order valence-corrected chi connectivity index (χ1v) is 16.2. The van der Waals surface area contributed by atoms with Crippen LogP contribution < -0.4 is 4.90 Å². The Hall–Kier alpha value is -3.60. The number of fused-ring (bicyclic) bond motifs is 6. The average molecular weight is 616 g/mol. The number of thiazole rings is 1. The smallest absolute Gasteiger partial charge is 0.337 e. The molecule has 0 aliphatic carbocycles. The lowest BCUT2D eigenvalue weighted by Crippen LogP contribution is -2.45. The van der Waals surface area contributed by atoms with Crippen LogP contribution in [0.1, 0.15) is 80.3 Å². The normalized spacial score (nSPS) is 18.7. The highest BCUT2D eigenvalue weighted by molar-refractivity contribution is 7.15.